The molecule has 3 nitrogen and oxygen atoms in total. The van der Waals surface area contributed by atoms with E-state index < -0.39 is 9.84 Å². The highest BCUT2D eigenvalue weighted by atomic mass is 79.9. The molecular weight excluding hydrogens is 321 g/mol. The Morgan fingerprint density at radius 1 is 1.44 bits per heavy atom. The molecule has 1 saturated heterocycles. The van der Waals surface area contributed by atoms with E-state index >= 15 is 0 Å². The van der Waals surface area contributed by atoms with Gasteiger partial charge in [-0.15, -0.1) is 0 Å². The molecular formula is C12H15BrFNO2S. The molecule has 0 amide bonds. The van der Waals surface area contributed by atoms with Crippen molar-refractivity contribution in [2.24, 2.45) is 0 Å². The van der Waals surface area contributed by atoms with E-state index in [1.807, 2.05) is 6.07 Å². The zero-order valence-corrected chi connectivity index (χ0v) is 12.2. The van der Waals surface area contributed by atoms with Crippen molar-refractivity contribution >= 4 is 25.8 Å². The van der Waals surface area contributed by atoms with Gasteiger partial charge in [0, 0.05) is 13.1 Å². The van der Waals surface area contributed by atoms with Crippen molar-refractivity contribution in [3.05, 3.63) is 34.1 Å². The van der Waals surface area contributed by atoms with Crippen LogP contribution in [0.1, 0.15) is 18.4 Å². The Morgan fingerprint density at radius 3 is 2.83 bits per heavy atom. The minimum absolute atomic E-state index is 0.280. The van der Waals surface area contributed by atoms with Crippen molar-refractivity contribution in [2.75, 3.05) is 12.3 Å². The molecule has 1 N–H and O–H groups in total. The van der Waals surface area contributed by atoms with Crippen LogP contribution >= 0.6 is 15.9 Å². The van der Waals surface area contributed by atoms with Gasteiger partial charge in [0.05, 0.1) is 15.5 Å². The second-order valence-electron chi connectivity index (χ2n) is 4.51. The Labute approximate surface area is 115 Å². The third-order valence-electron chi connectivity index (χ3n) is 3.15. The molecule has 1 unspecified atom stereocenters. The quantitative estimate of drug-likeness (QED) is 0.917. The standard InChI is InChI=1S/C12H15BrFNO2S/c13-11-4-3-9(6-12(11)14)7-15-8-10-2-1-5-18(10,16)17/h3-4,6,10,15H,1-2,5,7-8H2. The van der Waals surface area contributed by atoms with Gasteiger partial charge in [-0.25, -0.2) is 12.8 Å². The fourth-order valence-corrected chi connectivity index (χ4v) is 4.16. The molecule has 1 aromatic carbocycles. The average molecular weight is 336 g/mol. The van der Waals surface area contributed by atoms with Gasteiger partial charge in [-0.2, -0.15) is 0 Å². The molecule has 2 rings (SSSR count). The summed E-state index contributed by atoms with van der Waals surface area (Å²) >= 11 is 3.09. The van der Waals surface area contributed by atoms with Gasteiger partial charge in [0.15, 0.2) is 9.84 Å². The molecule has 0 saturated carbocycles. The molecule has 100 valence electrons. The van der Waals surface area contributed by atoms with Crippen LogP contribution in [0.2, 0.25) is 0 Å². The lowest BCUT2D eigenvalue weighted by Crippen LogP contribution is -2.30. The van der Waals surface area contributed by atoms with Crippen LogP contribution in [-0.4, -0.2) is 26.0 Å². The van der Waals surface area contributed by atoms with Gasteiger partial charge in [-0.3, -0.25) is 0 Å². The second kappa shape index (κ2) is 5.67. The number of benzene rings is 1. The zero-order chi connectivity index (χ0) is 13.2. The van der Waals surface area contributed by atoms with Crippen molar-refractivity contribution in [3.8, 4) is 0 Å². The molecule has 1 aromatic rings. The molecule has 0 aliphatic carbocycles. The second-order valence-corrected chi connectivity index (χ2v) is 7.77. The number of rotatable bonds is 4. The molecule has 6 heteroatoms. The van der Waals surface area contributed by atoms with Crippen molar-refractivity contribution in [3.63, 3.8) is 0 Å². The maximum absolute atomic E-state index is 13.3. The van der Waals surface area contributed by atoms with Crippen LogP contribution in [0.15, 0.2) is 22.7 Å². The van der Waals surface area contributed by atoms with Gasteiger partial charge in [-0.05, 0) is 46.5 Å². The fraction of sp³-hybridized carbons (Fsp3) is 0.500. The Morgan fingerprint density at radius 2 is 2.22 bits per heavy atom. The van der Waals surface area contributed by atoms with Crippen LogP contribution in [-0.2, 0) is 16.4 Å². The first-order valence-electron chi connectivity index (χ1n) is 5.85. The number of hydrogen-bond donors (Lipinski definition) is 1. The summed E-state index contributed by atoms with van der Waals surface area (Å²) in [6.07, 6.45) is 1.48. The van der Waals surface area contributed by atoms with E-state index in [1.165, 1.54) is 6.07 Å². The van der Waals surface area contributed by atoms with E-state index in [2.05, 4.69) is 21.2 Å². The van der Waals surface area contributed by atoms with Crippen molar-refractivity contribution in [2.45, 2.75) is 24.6 Å². The smallest absolute Gasteiger partial charge is 0.154 e. The minimum Gasteiger partial charge on any atom is -0.311 e. The van der Waals surface area contributed by atoms with Crippen LogP contribution in [0.3, 0.4) is 0 Å². The maximum atomic E-state index is 13.3. The lowest BCUT2D eigenvalue weighted by molar-refractivity contribution is 0.572. The van der Waals surface area contributed by atoms with Gasteiger partial charge in [0.2, 0.25) is 0 Å². The lowest BCUT2D eigenvalue weighted by atomic mass is 10.2. The van der Waals surface area contributed by atoms with Crippen LogP contribution < -0.4 is 5.32 Å². The van der Waals surface area contributed by atoms with E-state index in [0.717, 1.165) is 18.4 Å². The van der Waals surface area contributed by atoms with E-state index in [0.29, 0.717) is 23.3 Å². The largest absolute Gasteiger partial charge is 0.311 e. The average Bonchev–Trinajstić information content (AvgIpc) is 2.63. The monoisotopic (exact) mass is 335 g/mol. The predicted octanol–water partition coefficient (Wildman–Crippen LogP) is 2.25. The van der Waals surface area contributed by atoms with Gasteiger partial charge in [-0.1, -0.05) is 6.07 Å². The highest BCUT2D eigenvalue weighted by molar-refractivity contribution is 9.10. The first-order valence-corrected chi connectivity index (χ1v) is 8.36. The van der Waals surface area contributed by atoms with Gasteiger partial charge in [0.25, 0.3) is 0 Å². The Kier molecular flexibility index (Phi) is 4.40. The number of sulfone groups is 1. The van der Waals surface area contributed by atoms with E-state index in [4.69, 9.17) is 0 Å². The molecule has 1 fully saturated rings. The molecule has 1 aliphatic heterocycles. The molecule has 0 radical (unpaired) electrons. The van der Waals surface area contributed by atoms with Crippen LogP contribution in [0, 0.1) is 5.82 Å². The summed E-state index contributed by atoms with van der Waals surface area (Å²) in [5.74, 6) is -0.00510. The summed E-state index contributed by atoms with van der Waals surface area (Å²) in [6, 6.07) is 4.90. The Bertz CT molecular complexity index is 533. The Balaban J connectivity index is 1.87. The third-order valence-corrected chi connectivity index (χ3v) is 6.07. The molecule has 1 atom stereocenters. The van der Waals surface area contributed by atoms with Gasteiger partial charge < -0.3 is 5.32 Å². The summed E-state index contributed by atoms with van der Waals surface area (Å²) in [6.45, 7) is 0.927. The Hall–Kier alpha value is -0.460. The number of nitrogens with one attached hydrogen (secondary N) is 1. The SMILES string of the molecule is O=S1(=O)CCCC1CNCc1ccc(Br)c(F)c1. The summed E-state index contributed by atoms with van der Waals surface area (Å²) in [5.41, 5.74) is 0.811. The van der Waals surface area contributed by atoms with E-state index in [1.54, 1.807) is 6.07 Å². The van der Waals surface area contributed by atoms with Crippen molar-refractivity contribution in [1.82, 2.24) is 5.32 Å². The van der Waals surface area contributed by atoms with Crippen LogP contribution in [0.4, 0.5) is 4.39 Å². The van der Waals surface area contributed by atoms with Crippen LogP contribution in [0.5, 0.6) is 0 Å². The van der Waals surface area contributed by atoms with Crippen molar-refractivity contribution < 1.29 is 12.8 Å². The minimum atomic E-state index is -2.90. The predicted molar refractivity (Wildman–Crippen MR) is 72.6 cm³/mol. The van der Waals surface area contributed by atoms with Crippen molar-refractivity contribution in [1.29, 1.82) is 0 Å². The van der Waals surface area contributed by atoms with Gasteiger partial charge in [0.1, 0.15) is 5.82 Å². The highest BCUT2D eigenvalue weighted by Gasteiger charge is 2.30. The molecule has 0 aromatic heterocycles. The lowest BCUT2D eigenvalue weighted by Gasteiger charge is -2.11. The number of hydrogen-bond acceptors (Lipinski definition) is 3. The van der Waals surface area contributed by atoms with Crippen LogP contribution in [0.25, 0.3) is 0 Å². The molecule has 1 heterocycles. The first-order chi connectivity index (χ1) is 8.49. The summed E-state index contributed by atoms with van der Waals surface area (Å²) in [7, 11) is -2.90. The summed E-state index contributed by atoms with van der Waals surface area (Å²) in [5, 5.41) is 2.80. The third kappa shape index (κ3) is 3.30. The molecule has 1 aliphatic rings. The fourth-order valence-electron chi connectivity index (χ4n) is 2.11. The van der Waals surface area contributed by atoms with E-state index in [9.17, 15) is 12.8 Å². The summed E-state index contributed by atoms with van der Waals surface area (Å²) < 4.78 is 36.9. The highest BCUT2D eigenvalue weighted by Crippen LogP contribution is 2.19. The zero-order valence-electron chi connectivity index (χ0n) is 9.83. The normalized spacial score (nSPS) is 22.2. The van der Waals surface area contributed by atoms with Gasteiger partial charge >= 0.3 is 0 Å². The summed E-state index contributed by atoms with van der Waals surface area (Å²) in [4.78, 5) is 0. The number of halogens is 2. The molecule has 0 bridgehead atoms. The topological polar surface area (TPSA) is 46.2 Å². The molecule has 18 heavy (non-hydrogen) atoms. The van der Waals surface area contributed by atoms with E-state index in [-0.39, 0.29) is 11.1 Å². The maximum Gasteiger partial charge on any atom is 0.154 e. The first kappa shape index (κ1) is 14.0. The molecule has 0 spiro atoms.